The Bertz CT molecular complexity index is 1000. The highest BCUT2D eigenvalue weighted by atomic mass is 32.2. The molecule has 0 unspecified atom stereocenters. The van der Waals surface area contributed by atoms with Gasteiger partial charge in [0.2, 0.25) is 5.95 Å². The molecule has 0 aliphatic heterocycles. The van der Waals surface area contributed by atoms with Gasteiger partial charge in [-0.05, 0) is 18.2 Å². The predicted octanol–water partition coefficient (Wildman–Crippen LogP) is -0.470. The smallest absolute Gasteiger partial charge is 0.354 e. The molecule has 3 aromatic rings. The second-order valence-electron chi connectivity index (χ2n) is 4.41. The second kappa shape index (κ2) is 4.54. The molecule has 3 aromatic heterocycles. The van der Waals surface area contributed by atoms with Crippen LogP contribution in [0.15, 0.2) is 30.6 Å². The number of fused-ring (bicyclic) bond motifs is 1. The van der Waals surface area contributed by atoms with E-state index < -0.39 is 21.9 Å². The fourth-order valence-corrected chi connectivity index (χ4v) is 2.79. The van der Waals surface area contributed by atoms with Gasteiger partial charge in [0, 0.05) is 23.5 Å². The van der Waals surface area contributed by atoms with Crippen molar-refractivity contribution in [2.75, 3.05) is 5.73 Å². The van der Waals surface area contributed by atoms with Crippen LogP contribution in [0.4, 0.5) is 5.95 Å². The lowest BCUT2D eigenvalue weighted by atomic mass is 10.1. The predicted molar refractivity (Wildman–Crippen MR) is 76.3 cm³/mol. The normalized spacial score (nSPS) is 11.9. The first-order chi connectivity index (χ1) is 10.3. The molecule has 0 spiro atoms. The summed E-state index contributed by atoms with van der Waals surface area (Å²) in [6, 6.07) is 4.51. The van der Waals surface area contributed by atoms with Crippen LogP contribution >= 0.6 is 0 Å². The van der Waals surface area contributed by atoms with Crippen LogP contribution in [0.1, 0.15) is 10.5 Å². The minimum absolute atomic E-state index is 0.0673. The van der Waals surface area contributed by atoms with Gasteiger partial charge in [-0.15, -0.1) is 5.10 Å². The zero-order valence-electron chi connectivity index (χ0n) is 10.9. The third kappa shape index (κ3) is 2.17. The van der Waals surface area contributed by atoms with Crippen LogP contribution in [0.25, 0.3) is 16.8 Å². The summed E-state index contributed by atoms with van der Waals surface area (Å²) in [7, 11) is -4.22. The molecule has 0 bridgehead atoms. The molecule has 3 heterocycles. The van der Waals surface area contributed by atoms with Gasteiger partial charge in [0.15, 0.2) is 11.3 Å². The maximum absolute atomic E-state index is 11.5. The Balaban J connectivity index is 2.26. The van der Waals surface area contributed by atoms with Gasteiger partial charge < -0.3 is 10.8 Å². The van der Waals surface area contributed by atoms with Crippen molar-refractivity contribution >= 4 is 27.8 Å². The van der Waals surface area contributed by atoms with Crippen molar-refractivity contribution in [1.82, 2.24) is 18.6 Å². The number of nitrogen functional groups attached to an aromatic ring is 1. The van der Waals surface area contributed by atoms with E-state index in [4.69, 9.17) is 10.9 Å². The number of hydrogen-bond donors (Lipinski definition) is 3. The number of hydrogen-bond acceptors (Lipinski definition) is 6. The van der Waals surface area contributed by atoms with Crippen LogP contribution in [-0.2, 0) is 10.2 Å². The van der Waals surface area contributed by atoms with Crippen LogP contribution in [0.5, 0.6) is 0 Å². The largest absolute Gasteiger partial charge is 0.477 e. The minimum Gasteiger partial charge on any atom is -0.477 e. The lowest BCUT2D eigenvalue weighted by Crippen LogP contribution is -2.24. The lowest BCUT2D eigenvalue weighted by Gasteiger charge is -2.05. The summed E-state index contributed by atoms with van der Waals surface area (Å²) < 4.78 is 24.8. The number of rotatable bonds is 3. The van der Waals surface area contributed by atoms with Gasteiger partial charge in [-0.3, -0.25) is 0 Å². The number of carboxylic acid groups (broad SMARTS) is 1. The van der Waals surface area contributed by atoms with Crippen LogP contribution in [-0.4, -0.2) is 38.1 Å². The molecule has 22 heavy (non-hydrogen) atoms. The van der Waals surface area contributed by atoms with E-state index in [9.17, 15) is 18.3 Å². The molecule has 11 heteroatoms. The van der Waals surface area contributed by atoms with Gasteiger partial charge in [0.25, 0.3) is 0 Å². The Hall–Kier alpha value is -2.92. The molecule has 0 atom stereocenters. The van der Waals surface area contributed by atoms with Crippen LogP contribution in [0.2, 0.25) is 0 Å². The van der Waals surface area contributed by atoms with Gasteiger partial charge in [-0.1, -0.05) is 0 Å². The maximum atomic E-state index is 11.5. The summed E-state index contributed by atoms with van der Waals surface area (Å²) in [5.74, 6) is -1.36. The van der Waals surface area contributed by atoms with Crippen molar-refractivity contribution in [2.45, 2.75) is 0 Å². The quantitative estimate of drug-likeness (QED) is 0.587. The van der Waals surface area contributed by atoms with E-state index in [0.29, 0.717) is 15.2 Å². The molecule has 0 saturated carbocycles. The highest BCUT2D eigenvalue weighted by Gasteiger charge is 2.23. The van der Waals surface area contributed by atoms with Crippen LogP contribution < -0.4 is 10.9 Å². The van der Waals surface area contributed by atoms with E-state index in [1.54, 1.807) is 12.1 Å². The van der Waals surface area contributed by atoms with E-state index in [-0.39, 0.29) is 11.5 Å². The fourth-order valence-electron chi connectivity index (χ4n) is 2.13. The molecule has 0 radical (unpaired) electrons. The maximum Gasteiger partial charge on any atom is 0.354 e. The molecule has 10 nitrogen and oxygen atoms in total. The SMILES string of the molecule is Nc1nc2ccc(-c3ccn(S(N)(=O)=O)c3C(=O)O)cn2n1. The van der Waals surface area contributed by atoms with Crippen molar-refractivity contribution in [2.24, 2.45) is 5.14 Å². The highest BCUT2D eigenvalue weighted by Crippen LogP contribution is 2.26. The Morgan fingerprint density at radius 2 is 2.00 bits per heavy atom. The van der Waals surface area contributed by atoms with Crippen molar-refractivity contribution in [1.29, 1.82) is 0 Å². The third-order valence-corrected chi connectivity index (χ3v) is 3.84. The number of anilines is 1. The number of aromatic nitrogens is 4. The molecule has 3 rings (SSSR count). The van der Waals surface area contributed by atoms with Gasteiger partial charge in [-0.2, -0.15) is 13.4 Å². The Kier molecular flexibility index (Phi) is 2.90. The van der Waals surface area contributed by atoms with E-state index in [0.717, 1.165) is 6.20 Å². The van der Waals surface area contributed by atoms with E-state index in [1.165, 1.54) is 16.8 Å². The number of aromatic carboxylic acids is 1. The van der Waals surface area contributed by atoms with E-state index >= 15 is 0 Å². The minimum atomic E-state index is -4.22. The molecule has 0 saturated heterocycles. The molecule has 0 aliphatic carbocycles. The Morgan fingerprint density at radius 3 is 2.64 bits per heavy atom. The summed E-state index contributed by atoms with van der Waals surface area (Å²) in [6.45, 7) is 0. The first-order valence-electron chi connectivity index (χ1n) is 5.87. The highest BCUT2D eigenvalue weighted by molar-refractivity contribution is 7.87. The number of carbonyl (C=O) groups is 1. The molecule has 114 valence electrons. The van der Waals surface area contributed by atoms with E-state index in [1.807, 2.05) is 0 Å². The average Bonchev–Trinajstić information content (AvgIpc) is 2.98. The number of nitrogens with zero attached hydrogens (tertiary/aromatic N) is 4. The number of pyridine rings is 1. The molecular weight excluding hydrogens is 312 g/mol. The zero-order chi connectivity index (χ0) is 16.1. The van der Waals surface area contributed by atoms with Gasteiger partial charge in [0.05, 0.1) is 0 Å². The van der Waals surface area contributed by atoms with Crippen molar-refractivity contribution in [3.63, 3.8) is 0 Å². The van der Waals surface area contributed by atoms with Gasteiger partial charge in [-0.25, -0.2) is 18.4 Å². The molecule has 0 fully saturated rings. The molecule has 0 aromatic carbocycles. The molecule has 0 aliphatic rings. The van der Waals surface area contributed by atoms with Gasteiger partial charge >= 0.3 is 16.2 Å². The number of carboxylic acids is 1. The van der Waals surface area contributed by atoms with E-state index in [2.05, 4.69) is 10.1 Å². The fraction of sp³-hybridized carbons (Fsp3) is 0. The van der Waals surface area contributed by atoms with Crippen molar-refractivity contribution in [3.05, 3.63) is 36.3 Å². The third-order valence-electron chi connectivity index (χ3n) is 2.99. The Labute approximate surface area is 123 Å². The summed E-state index contributed by atoms with van der Waals surface area (Å²) in [4.78, 5) is 15.3. The van der Waals surface area contributed by atoms with Gasteiger partial charge in [0.1, 0.15) is 0 Å². The van der Waals surface area contributed by atoms with Crippen molar-refractivity contribution in [3.8, 4) is 11.1 Å². The standard InChI is InChI=1S/C11H10N6O4S/c12-11-14-8-2-1-6(5-16(8)15-11)7-3-4-17(22(13,20)21)9(7)10(18)19/h1-5H,(H2,12,15)(H,18,19)(H2,13,20,21). The summed E-state index contributed by atoms with van der Waals surface area (Å²) >= 11 is 0. The molecule has 5 N–H and O–H groups in total. The summed E-state index contributed by atoms with van der Waals surface area (Å²) in [5.41, 5.74) is 6.10. The average molecular weight is 322 g/mol. The topological polar surface area (TPSA) is 159 Å². The summed E-state index contributed by atoms with van der Waals surface area (Å²) in [5, 5.41) is 18.2. The van der Waals surface area contributed by atoms with Crippen molar-refractivity contribution < 1.29 is 18.3 Å². The zero-order valence-corrected chi connectivity index (χ0v) is 11.7. The number of nitrogens with two attached hydrogens (primary N) is 2. The monoisotopic (exact) mass is 322 g/mol. The first-order valence-corrected chi connectivity index (χ1v) is 7.38. The van der Waals surface area contributed by atoms with Crippen LogP contribution in [0.3, 0.4) is 0 Å². The Morgan fingerprint density at radius 1 is 1.27 bits per heavy atom. The summed E-state index contributed by atoms with van der Waals surface area (Å²) in [6.07, 6.45) is 2.57. The first kappa shape index (κ1) is 14.0. The molecule has 0 amide bonds. The molecular formula is C11H10N6O4S. The van der Waals surface area contributed by atoms with Crippen LogP contribution in [0, 0.1) is 0 Å². The lowest BCUT2D eigenvalue weighted by molar-refractivity contribution is 0.0690. The second-order valence-corrected chi connectivity index (χ2v) is 5.84.